The summed E-state index contributed by atoms with van der Waals surface area (Å²) in [6, 6.07) is 18.5. The van der Waals surface area contributed by atoms with Gasteiger partial charge in [-0.3, -0.25) is 4.98 Å². The van der Waals surface area contributed by atoms with Gasteiger partial charge in [0, 0.05) is 29.4 Å². The Morgan fingerprint density at radius 3 is 2.58 bits per heavy atom. The third-order valence-electron chi connectivity index (χ3n) is 4.49. The highest BCUT2D eigenvalue weighted by Crippen LogP contribution is 2.38. The summed E-state index contributed by atoms with van der Waals surface area (Å²) in [6.45, 7) is 2.42. The summed E-state index contributed by atoms with van der Waals surface area (Å²) in [5.41, 5.74) is 4.00. The first kappa shape index (κ1) is 23.0. The van der Waals surface area contributed by atoms with E-state index in [4.69, 9.17) is 4.74 Å². The maximum Gasteiger partial charge on any atom is 0.399 e. The molecule has 0 saturated carbocycles. The van der Waals surface area contributed by atoms with Gasteiger partial charge in [0.25, 0.3) is 0 Å². The molecule has 0 fully saturated rings. The van der Waals surface area contributed by atoms with E-state index in [2.05, 4.69) is 9.71 Å². The van der Waals surface area contributed by atoms with Crippen LogP contribution in [0.2, 0.25) is 0 Å². The van der Waals surface area contributed by atoms with Gasteiger partial charge in [-0.2, -0.15) is 13.2 Å². The molecule has 4 nitrogen and oxygen atoms in total. The molecule has 2 heterocycles. The molecule has 1 aliphatic heterocycles. The second-order valence-electron chi connectivity index (χ2n) is 6.93. The highest BCUT2D eigenvalue weighted by molar-refractivity contribution is 8.00. The van der Waals surface area contributed by atoms with E-state index in [0.29, 0.717) is 36.4 Å². The van der Waals surface area contributed by atoms with Crippen molar-refractivity contribution in [2.45, 2.75) is 25.6 Å². The van der Waals surface area contributed by atoms with Gasteiger partial charge in [-0.15, -0.1) is 0 Å². The molecule has 8 heteroatoms. The van der Waals surface area contributed by atoms with Crippen LogP contribution in [0.25, 0.3) is 11.1 Å². The molecule has 1 aliphatic rings. The van der Waals surface area contributed by atoms with Crippen molar-refractivity contribution >= 4 is 17.6 Å². The number of aryl methyl sites for hydroxylation is 1. The van der Waals surface area contributed by atoms with Crippen molar-refractivity contribution in [3.05, 3.63) is 78.1 Å². The molecule has 0 unspecified atom stereocenters. The van der Waals surface area contributed by atoms with Crippen molar-refractivity contribution in [1.82, 2.24) is 4.98 Å². The molecule has 0 bridgehead atoms. The highest BCUT2D eigenvalue weighted by atomic mass is 32.2. The summed E-state index contributed by atoms with van der Waals surface area (Å²) in [5.74, 6) is -0.357. The standard InChI is InChI=1S/C17H16F3NO2S.C6H7N/c18-17(19,20)10-24-21-14-4-2-1-3-12(14)11-5-6-13-15(22)7-8-23-16(13)9-11;1-6-4-2-3-5-7-6/h1-6,9,15,21-22H,7-8,10H2;2-5H,1H3/t15-;/m0./s1. The largest absolute Gasteiger partial charge is 0.493 e. The summed E-state index contributed by atoms with van der Waals surface area (Å²) in [5, 5.41) is 9.97. The molecule has 1 aromatic heterocycles. The van der Waals surface area contributed by atoms with E-state index in [1.165, 1.54) is 0 Å². The Morgan fingerprint density at radius 2 is 1.90 bits per heavy atom. The lowest BCUT2D eigenvalue weighted by Gasteiger charge is -2.23. The minimum absolute atomic E-state index is 0.443. The Kier molecular flexibility index (Phi) is 7.81. The van der Waals surface area contributed by atoms with E-state index in [-0.39, 0.29) is 0 Å². The number of benzene rings is 2. The van der Waals surface area contributed by atoms with Crippen molar-refractivity contribution in [3.8, 4) is 16.9 Å². The number of alkyl halides is 3. The minimum atomic E-state index is -4.22. The van der Waals surface area contributed by atoms with Crippen molar-refractivity contribution < 1.29 is 23.0 Å². The summed E-state index contributed by atoms with van der Waals surface area (Å²) >= 11 is 0.605. The number of pyridine rings is 1. The third kappa shape index (κ3) is 6.90. The number of nitrogens with zero attached hydrogens (tertiary/aromatic N) is 1. The van der Waals surface area contributed by atoms with E-state index in [0.717, 1.165) is 22.4 Å². The minimum Gasteiger partial charge on any atom is -0.493 e. The van der Waals surface area contributed by atoms with E-state index in [1.54, 1.807) is 24.4 Å². The number of aliphatic hydroxyl groups is 1. The molecular weight excluding hydrogens is 425 g/mol. The Bertz CT molecular complexity index is 984. The first-order valence-corrected chi connectivity index (χ1v) is 10.7. The summed E-state index contributed by atoms with van der Waals surface area (Å²) in [7, 11) is 0. The lowest BCUT2D eigenvalue weighted by atomic mass is 9.97. The molecule has 0 radical (unpaired) electrons. The first-order valence-electron chi connectivity index (χ1n) is 9.70. The lowest BCUT2D eigenvalue weighted by Crippen LogP contribution is -2.13. The van der Waals surface area contributed by atoms with E-state index < -0.39 is 18.0 Å². The smallest absolute Gasteiger partial charge is 0.399 e. The number of anilines is 1. The Balaban J connectivity index is 0.000000330. The van der Waals surface area contributed by atoms with Gasteiger partial charge in [-0.1, -0.05) is 36.4 Å². The third-order valence-corrected chi connectivity index (χ3v) is 5.33. The fourth-order valence-corrected chi connectivity index (χ4v) is 3.58. The van der Waals surface area contributed by atoms with Crippen molar-refractivity contribution in [3.63, 3.8) is 0 Å². The van der Waals surface area contributed by atoms with E-state index >= 15 is 0 Å². The molecule has 2 aromatic carbocycles. The van der Waals surface area contributed by atoms with Crippen LogP contribution in [0.5, 0.6) is 5.75 Å². The quantitative estimate of drug-likeness (QED) is 0.467. The van der Waals surface area contributed by atoms with Crippen LogP contribution < -0.4 is 9.46 Å². The van der Waals surface area contributed by atoms with Crippen LogP contribution in [0.4, 0.5) is 18.9 Å². The van der Waals surface area contributed by atoms with Crippen LogP contribution >= 0.6 is 11.9 Å². The van der Waals surface area contributed by atoms with Crippen molar-refractivity contribution in [2.75, 3.05) is 17.1 Å². The van der Waals surface area contributed by atoms with Gasteiger partial charge in [0.05, 0.1) is 18.4 Å². The maximum atomic E-state index is 12.3. The van der Waals surface area contributed by atoms with Crippen LogP contribution in [0, 0.1) is 6.92 Å². The second-order valence-corrected chi connectivity index (χ2v) is 7.71. The number of nitrogens with one attached hydrogen (secondary N) is 1. The number of hydrogen-bond donors (Lipinski definition) is 2. The number of aliphatic hydroxyl groups excluding tert-OH is 1. The number of hydrogen-bond acceptors (Lipinski definition) is 5. The second kappa shape index (κ2) is 10.5. The van der Waals surface area contributed by atoms with Crippen LogP contribution in [0.15, 0.2) is 66.9 Å². The van der Waals surface area contributed by atoms with Crippen LogP contribution in [-0.4, -0.2) is 28.6 Å². The zero-order valence-corrected chi connectivity index (χ0v) is 17.7. The average molecular weight is 449 g/mol. The predicted molar refractivity (Wildman–Crippen MR) is 118 cm³/mol. The van der Waals surface area contributed by atoms with Crippen LogP contribution in [-0.2, 0) is 0 Å². The van der Waals surface area contributed by atoms with Crippen LogP contribution in [0.1, 0.15) is 23.8 Å². The molecule has 2 N–H and O–H groups in total. The average Bonchev–Trinajstić information content (AvgIpc) is 2.74. The van der Waals surface area contributed by atoms with Gasteiger partial charge in [-0.05, 0) is 48.7 Å². The summed E-state index contributed by atoms with van der Waals surface area (Å²) in [6.07, 6.45) is -2.42. The fraction of sp³-hybridized carbons (Fsp3) is 0.261. The molecule has 0 aliphatic carbocycles. The number of fused-ring (bicyclic) bond motifs is 1. The topological polar surface area (TPSA) is 54.4 Å². The van der Waals surface area contributed by atoms with Gasteiger partial charge in [0.15, 0.2) is 0 Å². The SMILES string of the molecule is Cc1ccccn1.O[C@H]1CCOc2cc(-c3ccccc3NSCC(F)(F)F)ccc21. The molecule has 1 atom stereocenters. The molecule has 0 saturated heterocycles. The molecule has 0 amide bonds. The molecular formula is C23H23F3N2O2S. The normalized spacial score (nSPS) is 15.2. The van der Waals surface area contributed by atoms with Crippen molar-refractivity contribution in [2.24, 2.45) is 0 Å². The van der Waals surface area contributed by atoms with E-state index in [9.17, 15) is 18.3 Å². The summed E-state index contributed by atoms with van der Waals surface area (Å²) < 4.78 is 45.3. The Labute approximate surface area is 183 Å². The zero-order valence-electron chi connectivity index (χ0n) is 16.9. The monoisotopic (exact) mass is 448 g/mol. The Hall–Kier alpha value is -2.71. The van der Waals surface area contributed by atoms with Gasteiger partial charge < -0.3 is 14.6 Å². The highest BCUT2D eigenvalue weighted by Gasteiger charge is 2.27. The first-order chi connectivity index (χ1) is 14.8. The number of para-hydroxylation sites is 1. The van der Waals surface area contributed by atoms with Gasteiger partial charge in [-0.25, -0.2) is 0 Å². The van der Waals surface area contributed by atoms with Gasteiger partial charge in [0.2, 0.25) is 0 Å². The number of halogens is 3. The molecule has 3 aromatic rings. The zero-order chi connectivity index (χ0) is 22.3. The van der Waals surface area contributed by atoms with Gasteiger partial charge >= 0.3 is 6.18 Å². The molecule has 0 spiro atoms. The number of ether oxygens (including phenoxy) is 1. The number of aromatic nitrogens is 1. The van der Waals surface area contributed by atoms with Crippen molar-refractivity contribution in [1.29, 1.82) is 0 Å². The maximum absolute atomic E-state index is 12.3. The van der Waals surface area contributed by atoms with Crippen LogP contribution in [0.3, 0.4) is 0 Å². The van der Waals surface area contributed by atoms with Gasteiger partial charge in [0.1, 0.15) is 11.5 Å². The summed E-state index contributed by atoms with van der Waals surface area (Å²) in [4.78, 5) is 3.98. The van der Waals surface area contributed by atoms with E-state index in [1.807, 2.05) is 49.4 Å². The molecule has 31 heavy (non-hydrogen) atoms. The lowest BCUT2D eigenvalue weighted by molar-refractivity contribution is -0.105. The predicted octanol–water partition coefficient (Wildman–Crippen LogP) is 6.18. The number of rotatable bonds is 4. The fourth-order valence-electron chi connectivity index (χ4n) is 3.01. The molecule has 164 valence electrons. The Morgan fingerprint density at radius 1 is 1.13 bits per heavy atom. The molecule has 4 rings (SSSR count).